The number of amides is 1. The van der Waals surface area contributed by atoms with Gasteiger partial charge in [-0.05, 0) is 30.9 Å². The normalized spacial score (nSPS) is 15.0. The second kappa shape index (κ2) is 7.76. The second-order valence-corrected chi connectivity index (χ2v) is 5.88. The monoisotopic (exact) mass is 335 g/mol. The van der Waals surface area contributed by atoms with Gasteiger partial charge in [0.15, 0.2) is 6.61 Å². The molecule has 0 bridgehead atoms. The van der Waals surface area contributed by atoms with Crippen molar-refractivity contribution >= 4 is 23.3 Å². The van der Waals surface area contributed by atoms with Gasteiger partial charge in [-0.3, -0.25) is 14.9 Å². The molecule has 8 heteroatoms. The van der Waals surface area contributed by atoms with E-state index >= 15 is 0 Å². The Morgan fingerprint density at radius 1 is 1.38 bits per heavy atom. The van der Waals surface area contributed by atoms with Crippen molar-refractivity contribution in [1.82, 2.24) is 5.32 Å². The third kappa shape index (κ3) is 4.21. The van der Waals surface area contributed by atoms with E-state index < -0.39 is 23.4 Å². The van der Waals surface area contributed by atoms with Crippen molar-refractivity contribution < 1.29 is 19.2 Å². The standard InChI is InChI=1S/C16H21N3O5/c1-11-5-7-18(8-6-11)13-4-3-12(9-14(13)19(22)23)16(21)24-10-15(20)17-2/h3-4,9,11H,5-8,10H2,1-2H3,(H,17,20). The number of esters is 1. The van der Waals surface area contributed by atoms with Gasteiger partial charge >= 0.3 is 5.97 Å². The summed E-state index contributed by atoms with van der Waals surface area (Å²) in [7, 11) is 1.43. The van der Waals surface area contributed by atoms with Crippen LogP contribution in [0, 0.1) is 16.0 Å². The minimum Gasteiger partial charge on any atom is -0.452 e. The van der Waals surface area contributed by atoms with Gasteiger partial charge in [-0.2, -0.15) is 0 Å². The van der Waals surface area contributed by atoms with E-state index in [0.29, 0.717) is 11.6 Å². The van der Waals surface area contributed by atoms with Crippen molar-refractivity contribution in [2.45, 2.75) is 19.8 Å². The van der Waals surface area contributed by atoms with Crippen LogP contribution in [0.5, 0.6) is 0 Å². The minimum atomic E-state index is -0.763. The number of likely N-dealkylation sites (N-methyl/N-ethyl adjacent to an activating group) is 1. The fourth-order valence-electron chi connectivity index (χ4n) is 2.60. The van der Waals surface area contributed by atoms with Gasteiger partial charge < -0.3 is 15.0 Å². The molecule has 1 aromatic rings. The molecule has 0 radical (unpaired) electrons. The number of nitrogens with zero attached hydrogens (tertiary/aromatic N) is 2. The summed E-state index contributed by atoms with van der Waals surface area (Å²) in [6, 6.07) is 4.27. The molecule has 0 saturated carbocycles. The van der Waals surface area contributed by atoms with Gasteiger partial charge in [-0.1, -0.05) is 6.92 Å². The van der Waals surface area contributed by atoms with Crippen molar-refractivity contribution in [1.29, 1.82) is 0 Å². The Bertz CT molecular complexity index is 639. The number of carbonyl (C=O) groups excluding carboxylic acids is 2. The number of nitro groups is 1. The smallest absolute Gasteiger partial charge is 0.338 e. The Morgan fingerprint density at radius 3 is 2.62 bits per heavy atom. The summed E-state index contributed by atoms with van der Waals surface area (Å²) >= 11 is 0. The first-order valence-corrected chi connectivity index (χ1v) is 7.83. The first kappa shape index (κ1) is 17.7. The molecular weight excluding hydrogens is 314 g/mol. The van der Waals surface area contributed by atoms with E-state index in [1.807, 2.05) is 4.90 Å². The fourth-order valence-corrected chi connectivity index (χ4v) is 2.60. The van der Waals surface area contributed by atoms with Crippen LogP contribution < -0.4 is 10.2 Å². The fraction of sp³-hybridized carbons (Fsp3) is 0.500. The zero-order chi connectivity index (χ0) is 17.7. The van der Waals surface area contributed by atoms with Gasteiger partial charge in [-0.25, -0.2) is 4.79 Å². The van der Waals surface area contributed by atoms with E-state index in [1.54, 1.807) is 6.07 Å². The molecule has 0 unspecified atom stereocenters. The van der Waals surface area contributed by atoms with E-state index in [0.717, 1.165) is 25.9 Å². The Morgan fingerprint density at radius 2 is 2.04 bits per heavy atom. The highest BCUT2D eigenvalue weighted by Gasteiger charge is 2.25. The number of anilines is 1. The molecular formula is C16H21N3O5. The van der Waals surface area contributed by atoms with Crippen LogP contribution in [0.3, 0.4) is 0 Å². The molecule has 8 nitrogen and oxygen atoms in total. The van der Waals surface area contributed by atoms with Crippen molar-refractivity contribution in [3.63, 3.8) is 0 Å². The molecule has 1 N–H and O–H groups in total. The van der Waals surface area contributed by atoms with E-state index in [9.17, 15) is 19.7 Å². The molecule has 0 aliphatic carbocycles. The van der Waals surface area contributed by atoms with Gasteiger partial charge in [-0.15, -0.1) is 0 Å². The number of nitrogens with one attached hydrogen (secondary N) is 1. The van der Waals surface area contributed by atoms with Crippen LogP contribution >= 0.6 is 0 Å². The molecule has 1 fully saturated rings. The van der Waals surface area contributed by atoms with Crippen molar-refractivity contribution in [2.75, 3.05) is 31.6 Å². The largest absolute Gasteiger partial charge is 0.452 e. The summed E-state index contributed by atoms with van der Waals surface area (Å²) in [4.78, 5) is 35.9. The average molecular weight is 335 g/mol. The van der Waals surface area contributed by atoms with E-state index in [1.165, 1.54) is 19.2 Å². The summed E-state index contributed by atoms with van der Waals surface area (Å²) in [6.45, 7) is 3.25. The lowest BCUT2D eigenvalue weighted by Crippen LogP contribution is -2.33. The predicted molar refractivity (Wildman–Crippen MR) is 88.1 cm³/mol. The predicted octanol–water partition coefficient (Wildman–Crippen LogP) is 1.73. The number of nitro benzene ring substituents is 1. The number of carbonyl (C=O) groups is 2. The zero-order valence-electron chi connectivity index (χ0n) is 13.8. The van der Waals surface area contributed by atoms with E-state index in [2.05, 4.69) is 12.2 Å². The van der Waals surface area contributed by atoms with E-state index in [4.69, 9.17) is 4.74 Å². The Hall–Kier alpha value is -2.64. The van der Waals surface area contributed by atoms with Crippen molar-refractivity contribution in [3.8, 4) is 0 Å². The maximum Gasteiger partial charge on any atom is 0.338 e. The lowest BCUT2D eigenvalue weighted by molar-refractivity contribution is -0.384. The Kier molecular flexibility index (Phi) is 5.73. The van der Waals surface area contributed by atoms with Crippen LogP contribution in [0.4, 0.5) is 11.4 Å². The second-order valence-electron chi connectivity index (χ2n) is 5.88. The minimum absolute atomic E-state index is 0.0553. The SMILES string of the molecule is CNC(=O)COC(=O)c1ccc(N2CCC(C)CC2)c([N+](=O)[O-])c1. The van der Waals surface area contributed by atoms with Crippen molar-refractivity contribution in [2.24, 2.45) is 5.92 Å². The number of rotatable bonds is 5. The lowest BCUT2D eigenvalue weighted by atomic mass is 9.98. The maximum absolute atomic E-state index is 11.9. The highest BCUT2D eigenvalue weighted by molar-refractivity contribution is 5.93. The number of hydrogen-bond acceptors (Lipinski definition) is 6. The highest BCUT2D eigenvalue weighted by Crippen LogP contribution is 2.32. The molecule has 1 aliphatic rings. The number of piperidine rings is 1. The first-order chi connectivity index (χ1) is 11.4. The number of hydrogen-bond donors (Lipinski definition) is 1. The number of benzene rings is 1. The average Bonchev–Trinajstić information content (AvgIpc) is 2.59. The van der Waals surface area contributed by atoms with Crippen molar-refractivity contribution in [3.05, 3.63) is 33.9 Å². The summed E-state index contributed by atoms with van der Waals surface area (Å²) in [6.07, 6.45) is 1.96. The van der Waals surface area contributed by atoms with Gasteiger partial charge in [0.05, 0.1) is 10.5 Å². The summed E-state index contributed by atoms with van der Waals surface area (Å²) in [5.74, 6) is -0.600. The third-order valence-electron chi connectivity index (χ3n) is 4.15. The third-order valence-corrected chi connectivity index (χ3v) is 4.15. The maximum atomic E-state index is 11.9. The molecule has 24 heavy (non-hydrogen) atoms. The van der Waals surface area contributed by atoms with Crippen LogP contribution in [-0.4, -0.2) is 43.5 Å². The van der Waals surface area contributed by atoms with E-state index in [-0.39, 0.29) is 11.3 Å². The molecule has 130 valence electrons. The topological polar surface area (TPSA) is 102 Å². The molecule has 1 saturated heterocycles. The summed E-state index contributed by atoms with van der Waals surface area (Å²) < 4.78 is 4.83. The molecule has 2 rings (SSSR count). The molecule has 0 spiro atoms. The summed E-state index contributed by atoms with van der Waals surface area (Å²) in [5, 5.41) is 13.7. The Balaban J connectivity index is 2.18. The van der Waals surface area contributed by atoms with Crippen LogP contribution in [0.2, 0.25) is 0 Å². The van der Waals surface area contributed by atoms with Crippen LogP contribution in [0.15, 0.2) is 18.2 Å². The van der Waals surface area contributed by atoms with Crippen LogP contribution in [0.1, 0.15) is 30.1 Å². The zero-order valence-corrected chi connectivity index (χ0v) is 13.8. The lowest BCUT2D eigenvalue weighted by Gasteiger charge is -2.31. The number of ether oxygens (including phenoxy) is 1. The molecule has 1 aliphatic heterocycles. The summed E-state index contributed by atoms with van der Waals surface area (Å²) in [5.41, 5.74) is 0.438. The van der Waals surface area contributed by atoms with Crippen LogP contribution in [0.25, 0.3) is 0 Å². The molecule has 0 atom stereocenters. The van der Waals surface area contributed by atoms with Crippen LogP contribution in [-0.2, 0) is 9.53 Å². The molecule has 0 aromatic heterocycles. The molecule has 1 aromatic carbocycles. The molecule has 1 heterocycles. The van der Waals surface area contributed by atoms with Gasteiger partial charge in [0, 0.05) is 26.2 Å². The Labute approximate surface area is 139 Å². The quantitative estimate of drug-likeness (QED) is 0.499. The molecule has 1 amide bonds. The highest BCUT2D eigenvalue weighted by atomic mass is 16.6. The first-order valence-electron chi connectivity index (χ1n) is 7.83. The van der Waals surface area contributed by atoms with Gasteiger partial charge in [0.2, 0.25) is 0 Å². The van der Waals surface area contributed by atoms with Gasteiger partial charge in [0.25, 0.3) is 11.6 Å². The van der Waals surface area contributed by atoms with Gasteiger partial charge in [0.1, 0.15) is 5.69 Å².